The predicted octanol–water partition coefficient (Wildman–Crippen LogP) is 4.11. The molecule has 0 aliphatic heterocycles. The van der Waals surface area contributed by atoms with E-state index < -0.39 is 0 Å². The highest BCUT2D eigenvalue weighted by atomic mass is 35.5. The maximum Gasteiger partial charge on any atom is 0.131 e. The fourth-order valence-electron chi connectivity index (χ4n) is 1.61. The van der Waals surface area contributed by atoms with Gasteiger partial charge in [0.25, 0.3) is 0 Å². The van der Waals surface area contributed by atoms with Crippen molar-refractivity contribution in [3.05, 3.63) is 54.3 Å². The fourth-order valence-corrected chi connectivity index (χ4v) is 1.68. The smallest absolute Gasteiger partial charge is 0.131 e. The molecule has 0 atom stereocenters. The van der Waals surface area contributed by atoms with Gasteiger partial charge in [-0.2, -0.15) is 0 Å². The summed E-state index contributed by atoms with van der Waals surface area (Å²) in [6.07, 6.45) is 0. The van der Waals surface area contributed by atoms with E-state index in [4.69, 9.17) is 16.3 Å². The van der Waals surface area contributed by atoms with E-state index in [2.05, 4.69) is 0 Å². The molecule has 0 amide bonds. The van der Waals surface area contributed by atoms with Crippen LogP contribution in [0.1, 0.15) is 0 Å². The summed E-state index contributed by atoms with van der Waals surface area (Å²) in [4.78, 5) is 0. The van der Waals surface area contributed by atoms with E-state index in [-0.39, 0.29) is 5.82 Å². The monoisotopic (exact) mass is 250 g/mol. The summed E-state index contributed by atoms with van der Waals surface area (Å²) >= 11 is 5.55. The lowest BCUT2D eigenvalue weighted by Gasteiger charge is -2.07. The molecule has 0 spiro atoms. The van der Waals surface area contributed by atoms with Gasteiger partial charge in [0.15, 0.2) is 0 Å². The third-order valence-corrected chi connectivity index (χ3v) is 2.52. The van der Waals surface area contributed by atoms with Crippen LogP contribution in [0.2, 0.25) is 0 Å². The van der Waals surface area contributed by atoms with Crippen LogP contribution in [-0.4, -0.2) is 12.5 Å². The van der Waals surface area contributed by atoms with Gasteiger partial charge in [-0.1, -0.05) is 30.3 Å². The van der Waals surface area contributed by atoms with Crippen LogP contribution in [0.4, 0.5) is 4.39 Å². The standard InChI is InChI=1S/C14H12ClFO/c15-8-9-17-12-5-3-4-11(10-12)13-6-1-2-7-14(13)16/h1-7,10H,8-9H2. The zero-order valence-electron chi connectivity index (χ0n) is 9.20. The second-order valence-electron chi connectivity index (χ2n) is 3.55. The molecule has 0 N–H and O–H groups in total. The third-order valence-electron chi connectivity index (χ3n) is 2.36. The molecule has 2 aromatic carbocycles. The van der Waals surface area contributed by atoms with E-state index in [1.54, 1.807) is 12.1 Å². The number of halogens is 2. The maximum absolute atomic E-state index is 13.6. The summed E-state index contributed by atoms with van der Waals surface area (Å²) in [6.45, 7) is 0.447. The molecule has 1 nitrogen and oxygen atoms in total. The summed E-state index contributed by atoms with van der Waals surface area (Å²) < 4.78 is 19.0. The molecule has 17 heavy (non-hydrogen) atoms. The second-order valence-corrected chi connectivity index (χ2v) is 3.92. The Morgan fingerprint density at radius 1 is 1.06 bits per heavy atom. The van der Waals surface area contributed by atoms with E-state index >= 15 is 0 Å². The van der Waals surface area contributed by atoms with Crippen molar-refractivity contribution in [3.8, 4) is 16.9 Å². The highest BCUT2D eigenvalue weighted by Crippen LogP contribution is 2.25. The number of hydrogen-bond acceptors (Lipinski definition) is 1. The fraction of sp³-hybridized carbons (Fsp3) is 0.143. The Bertz CT molecular complexity index is 499. The predicted molar refractivity (Wildman–Crippen MR) is 68.1 cm³/mol. The van der Waals surface area contributed by atoms with Gasteiger partial charge >= 0.3 is 0 Å². The van der Waals surface area contributed by atoms with Crippen molar-refractivity contribution >= 4 is 11.6 Å². The molecule has 2 rings (SSSR count). The molecular weight excluding hydrogens is 239 g/mol. The normalized spacial score (nSPS) is 10.2. The molecule has 0 radical (unpaired) electrons. The number of rotatable bonds is 4. The van der Waals surface area contributed by atoms with Gasteiger partial charge in [-0.05, 0) is 23.8 Å². The molecule has 3 heteroatoms. The molecule has 0 heterocycles. The quantitative estimate of drug-likeness (QED) is 0.742. The van der Waals surface area contributed by atoms with Crippen LogP contribution in [0, 0.1) is 5.82 Å². The van der Waals surface area contributed by atoms with E-state index in [1.165, 1.54) is 6.07 Å². The lowest BCUT2D eigenvalue weighted by Crippen LogP contribution is -1.97. The molecule has 0 saturated carbocycles. The van der Waals surface area contributed by atoms with Crippen molar-refractivity contribution in [2.45, 2.75) is 0 Å². The highest BCUT2D eigenvalue weighted by Gasteiger charge is 2.04. The average molecular weight is 251 g/mol. The third kappa shape index (κ3) is 2.98. The van der Waals surface area contributed by atoms with Gasteiger partial charge < -0.3 is 4.74 Å². The molecule has 0 bridgehead atoms. The first-order valence-corrected chi connectivity index (χ1v) is 5.88. The first-order valence-electron chi connectivity index (χ1n) is 5.35. The Labute approximate surface area is 105 Å². The average Bonchev–Trinajstić information content (AvgIpc) is 2.37. The van der Waals surface area contributed by atoms with Crippen molar-refractivity contribution in [3.63, 3.8) is 0 Å². The maximum atomic E-state index is 13.6. The first kappa shape index (κ1) is 11.9. The van der Waals surface area contributed by atoms with Crippen molar-refractivity contribution in [2.24, 2.45) is 0 Å². The molecular formula is C14H12ClFO. The van der Waals surface area contributed by atoms with Crippen LogP contribution >= 0.6 is 11.6 Å². The topological polar surface area (TPSA) is 9.23 Å². The van der Waals surface area contributed by atoms with E-state index in [0.29, 0.717) is 23.8 Å². The molecule has 0 aromatic heterocycles. The summed E-state index contributed by atoms with van der Waals surface area (Å²) in [5.74, 6) is 0.901. The van der Waals surface area contributed by atoms with Gasteiger partial charge in [0, 0.05) is 5.56 Å². The Hall–Kier alpha value is -1.54. The minimum absolute atomic E-state index is 0.234. The van der Waals surface area contributed by atoms with Crippen LogP contribution in [0.5, 0.6) is 5.75 Å². The Morgan fingerprint density at radius 3 is 2.65 bits per heavy atom. The summed E-state index contributed by atoms with van der Waals surface area (Å²) in [5, 5.41) is 0. The Kier molecular flexibility index (Phi) is 3.99. The van der Waals surface area contributed by atoms with Crippen LogP contribution in [0.15, 0.2) is 48.5 Å². The Morgan fingerprint density at radius 2 is 1.88 bits per heavy atom. The lowest BCUT2D eigenvalue weighted by molar-refractivity contribution is 0.343. The van der Waals surface area contributed by atoms with Gasteiger partial charge in [-0.3, -0.25) is 0 Å². The molecule has 0 saturated heterocycles. The van der Waals surface area contributed by atoms with Crippen LogP contribution in [0.25, 0.3) is 11.1 Å². The van der Waals surface area contributed by atoms with Crippen LogP contribution < -0.4 is 4.74 Å². The molecule has 0 fully saturated rings. The van der Waals surface area contributed by atoms with Gasteiger partial charge in [0.1, 0.15) is 18.2 Å². The number of ether oxygens (including phenoxy) is 1. The van der Waals surface area contributed by atoms with Gasteiger partial charge in [-0.15, -0.1) is 11.6 Å². The molecule has 2 aromatic rings. The SMILES string of the molecule is Fc1ccccc1-c1cccc(OCCCl)c1. The van der Waals surface area contributed by atoms with Gasteiger partial charge in [-0.25, -0.2) is 4.39 Å². The Balaban J connectivity index is 2.30. The number of alkyl halides is 1. The lowest BCUT2D eigenvalue weighted by atomic mass is 10.1. The molecule has 0 aliphatic carbocycles. The van der Waals surface area contributed by atoms with Crippen molar-refractivity contribution in [1.29, 1.82) is 0 Å². The van der Waals surface area contributed by atoms with Crippen molar-refractivity contribution < 1.29 is 9.13 Å². The zero-order valence-corrected chi connectivity index (χ0v) is 9.95. The number of benzene rings is 2. The minimum atomic E-state index is -0.234. The summed E-state index contributed by atoms with van der Waals surface area (Å²) in [7, 11) is 0. The number of hydrogen-bond donors (Lipinski definition) is 0. The first-order chi connectivity index (χ1) is 8.31. The summed E-state index contributed by atoms with van der Waals surface area (Å²) in [5.41, 5.74) is 1.37. The molecule has 0 unspecified atom stereocenters. The van der Waals surface area contributed by atoms with Crippen molar-refractivity contribution in [2.75, 3.05) is 12.5 Å². The van der Waals surface area contributed by atoms with Gasteiger partial charge in [0.05, 0.1) is 5.88 Å². The van der Waals surface area contributed by atoms with Crippen LogP contribution in [0.3, 0.4) is 0 Å². The largest absolute Gasteiger partial charge is 0.492 e. The summed E-state index contributed by atoms with van der Waals surface area (Å²) in [6, 6.07) is 14.0. The second kappa shape index (κ2) is 5.69. The molecule has 0 aliphatic rings. The molecule has 88 valence electrons. The van der Waals surface area contributed by atoms with E-state index in [0.717, 1.165) is 5.56 Å². The van der Waals surface area contributed by atoms with Crippen LogP contribution in [-0.2, 0) is 0 Å². The van der Waals surface area contributed by atoms with E-state index in [1.807, 2.05) is 30.3 Å². The highest BCUT2D eigenvalue weighted by molar-refractivity contribution is 6.18. The minimum Gasteiger partial charge on any atom is -0.492 e. The van der Waals surface area contributed by atoms with Crippen molar-refractivity contribution in [1.82, 2.24) is 0 Å². The zero-order chi connectivity index (χ0) is 12.1. The van der Waals surface area contributed by atoms with Gasteiger partial charge in [0.2, 0.25) is 0 Å². The van der Waals surface area contributed by atoms with E-state index in [9.17, 15) is 4.39 Å².